The molecule has 2 aliphatic heterocycles. The van der Waals surface area contributed by atoms with E-state index in [-0.39, 0.29) is 39.6 Å². The summed E-state index contributed by atoms with van der Waals surface area (Å²) in [7, 11) is 3.20. The van der Waals surface area contributed by atoms with Gasteiger partial charge in [0.25, 0.3) is 0 Å². The van der Waals surface area contributed by atoms with Crippen LogP contribution in [0.25, 0.3) is 0 Å². The van der Waals surface area contributed by atoms with Crippen LogP contribution in [0.3, 0.4) is 0 Å². The molecule has 2 aliphatic rings. The van der Waals surface area contributed by atoms with E-state index in [0.717, 1.165) is 69.5 Å². The lowest BCUT2D eigenvalue weighted by Gasteiger charge is -2.49. The number of ether oxygens (including phenoxy) is 4. The SMILES string of the molecule is C=CCOc1cc(CN2CCC(N(c3cc(Cl)nc(Cl)n3)N(c3cc(Cl)nc(Cl)n3)C3CCN(Cc4ccc(OC)c(OCCF)c4)CC3)CC2)ccc1OC. The van der Waals surface area contributed by atoms with Crippen LogP contribution in [-0.2, 0) is 13.1 Å². The second-order valence-electron chi connectivity index (χ2n) is 13.4. The molecule has 17 heteroatoms. The molecule has 6 rings (SSSR count). The number of alkyl halides is 1. The summed E-state index contributed by atoms with van der Waals surface area (Å²) in [4.78, 5) is 22.5. The van der Waals surface area contributed by atoms with Crippen LogP contribution in [-0.4, -0.2) is 102 Å². The van der Waals surface area contributed by atoms with Crippen molar-refractivity contribution in [1.82, 2.24) is 29.7 Å². The average molecular weight is 851 g/mol. The van der Waals surface area contributed by atoms with Crippen molar-refractivity contribution in [2.45, 2.75) is 50.9 Å². The van der Waals surface area contributed by atoms with E-state index in [0.29, 0.717) is 47.8 Å². The first-order chi connectivity index (χ1) is 27.2. The molecule has 4 heterocycles. The quantitative estimate of drug-likeness (QED) is 0.0442. The molecule has 12 nitrogen and oxygen atoms in total. The average Bonchev–Trinajstić information content (AvgIpc) is 3.18. The van der Waals surface area contributed by atoms with Gasteiger partial charge in [-0.3, -0.25) is 19.8 Å². The summed E-state index contributed by atoms with van der Waals surface area (Å²) >= 11 is 26.0. The van der Waals surface area contributed by atoms with Gasteiger partial charge >= 0.3 is 0 Å². The third-order valence-electron chi connectivity index (χ3n) is 9.78. The third-order valence-corrected chi connectivity index (χ3v) is 10.5. The van der Waals surface area contributed by atoms with E-state index < -0.39 is 6.67 Å². The molecule has 0 radical (unpaired) electrons. The number of aromatic nitrogens is 4. The predicted molar refractivity (Wildman–Crippen MR) is 219 cm³/mol. The highest BCUT2D eigenvalue weighted by Gasteiger charge is 2.37. The predicted octanol–water partition coefficient (Wildman–Crippen LogP) is 8.37. The number of benzene rings is 2. The maximum absolute atomic E-state index is 12.9. The van der Waals surface area contributed by atoms with E-state index in [9.17, 15) is 4.39 Å². The molecule has 0 bridgehead atoms. The molecule has 0 amide bonds. The van der Waals surface area contributed by atoms with Crippen molar-refractivity contribution in [1.29, 1.82) is 0 Å². The van der Waals surface area contributed by atoms with Crippen LogP contribution in [0.4, 0.5) is 16.0 Å². The summed E-state index contributed by atoms with van der Waals surface area (Å²) < 4.78 is 35.3. The molecule has 0 saturated carbocycles. The first-order valence-electron chi connectivity index (χ1n) is 18.4. The number of hydrazine groups is 1. The molecular weight excluding hydrogens is 805 g/mol. The minimum absolute atomic E-state index is 0.0248. The van der Waals surface area contributed by atoms with Gasteiger partial charge in [-0.2, -0.15) is 9.97 Å². The fraction of sp³-hybridized carbons (Fsp3) is 0.436. The Morgan fingerprint density at radius 1 is 0.679 bits per heavy atom. The molecule has 2 fully saturated rings. The van der Waals surface area contributed by atoms with Crippen LogP contribution >= 0.6 is 46.4 Å². The summed E-state index contributed by atoms with van der Waals surface area (Å²) in [6.45, 7) is 8.11. The topological polar surface area (TPSA) is 101 Å². The molecule has 56 heavy (non-hydrogen) atoms. The van der Waals surface area contributed by atoms with Crippen LogP contribution in [0.2, 0.25) is 20.9 Å². The van der Waals surface area contributed by atoms with Crippen molar-refractivity contribution in [3.63, 3.8) is 0 Å². The fourth-order valence-electron chi connectivity index (χ4n) is 7.26. The Bertz CT molecular complexity index is 1890. The standard InChI is InChI=1S/C39H45Cl4FN8O4/c1-4-18-55-32-20-26(5-7-30(32)53-2)24-49-14-9-28(10-15-49)51(36-22-34(40)45-38(42)47-36)52(37-23-35(41)46-39(43)48-37)29-11-16-50(17-12-29)25-27-6-8-31(54-3)33(21-27)56-19-13-44/h4-8,20-23,28-29H,1,9-19,24-25H2,2-3H3. The minimum Gasteiger partial charge on any atom is -0.493 e. The number of nitrogens with zero attached hydrogens (tertiary/aromatic N) is 8. The van der Waals surface area contributed by atoms with Crippen LogP contribution in [0.1, 0.15) is 36.8 Å². The van der Waals surface area contributed by atoms with Gasteiger partial charge in [0, 0.05) is 51.4 Å². The van der Waals surface area contributed by atoms with Crippen LogP contribution in [0.15, 0.2) is 61.2 Å². The van der Waals surface area contributed by atoms with E-state index in [1.807, 2.05) is 30.3 Å². The van der Waals surface area contributed by atoms with Crippen LogP contribution in [0, 0.1) is 0 Å². The highest BCUT2D eigenvalue weighted by molar-refractivity contribution is 6.32. The number of hydrogen-bond donors (Lipinski definition) is 0. The van der Waals surface area contributed by atoms with Gasteiger partial charge in [0.05, 0.1) is 26.3 Å². The Morgan fingerprint density at radius 2 is 1.12 bits per heavy atom. The highest BCUT2D eigenvalue weighted by atomic mass is 35.5. The summed E-state index contributed by atoms with van der Waals surface area (Å²) in [6.07, 6.45) is 4.85. The molecule has 0 unspecified atom stereocenters. The van der Waals surface area contributed by atoms with E-state index >= 15 is 0 Å². The molecule has 2 saturated heterocycles. The largest absolute Gasteiger partial charge is 0.493 e. The van der Waals surface area contributed by atoms with Crippen LogP contribution in [0.5, 0.6) is 23.0 Å². The zero-order chi connectivity index (χ0) is 39.6. The molecule has 0 spiro atoms. The van der Waals surface area contributed by atoms with Gasteiger partial charge in [0.1, 0.15) is 30.2 Å². The Hall–Kier alpha value is -3.85. The maximum atomic E-state index is 12.9. The number of hydrogen-bond acceptors (Lipinski definition) is 12. The van der Waals surface area contributed by atoms with Gasteiger partial charge in [-0.25, -0.2) is 14.4 Å². The number of rotatable bonds is 17. The van der Waals surface area contributed by atoms with Crippen LogP contribution < -0.4 is 29.0 Å². The molecule has 0 atom stereocenters. The van der Waals surface area contributed by atoms with E-state index in [1.54, 1.807) is 32.4 Å². The fourth-order valence-corrected chi connectivity index (χ4v) is 8.06. The second-order valence-corrected chi connectivity index (χ2v) is 14.9. The van der Waals surface area contributed by atoms with Gasteiger partial charge in [-0.1, -0.05) is 48.0 Å². The van der Waals surface area contributed by atoms with Gasteiger partial charge in [-0.15, -0.1) is 0 Å². The van der Waals surface area contributed by atoms with Crippen molar-refractivity contribution >= 4 is 58.0 Å². The van der Waals surface area contributed by atoms with Gasteiger partial charge < -0.3 is 18.9 Å². The van der Waals surface area contributed by atoms with Gasteiger partial charge in [0.2, 0.25) is 10.6 Å². The van der Waals surface area contributed by atoms with Crippen molar-refractivity contribution in [2.75, 3.05) is 70.3 Å². The first kappa shape index (κ1) is 41.8. The van der Waals surface area contributed by atoms with Crippen molar-refractivity contribution in [3.05, 3.63) is 93.2 Å². The number of methoxy groups -OCH3 is 2. The summed E-state index contributed by atoms with van der Waals surface area (Å²) in [5, 5.41) is 4.81. The molecule has 300 valence electrons. The lowest BCUT2D eigenvalue weighted by Crippen LogP contribution is -2.59. The monoisotopic (exact) mass is 848 g/mol. The number of likely N-dealkylation sites (tertiary alicyclic amines) is 2. The summed E-state index contributed by atoms with van der Waals surface area (Å²) in [5.74, 6) is 3.53. The third kappa shape index (κ3) is 10.8. The lowest BCUT2D eigenvalue weighted by atomic mass is 10.0. The molecule has 4 aromatic rings. The Balaban J connectivity index is 1.24. The highest BCUT2D eigenvalue weighted by Crippen LogP contribution is 2.36. The van der Waals surface area contributed by atoms with Crippen molar-refractivity contribution in [3.8, 4) is 23.0 Å². The minimum atomic E-state index is -0.583. The van der Waals surface area contributed by atoms with E-state index in [2.05, 4.69) is 52.4 Å². The maximum Gasteiger partial charge on any atom is 0.225 e. The smallest absolute Gasteiger partial charge is 0.225 e. The Labute approximate surface area is 347 Å². The summed E-state index contributed by atoms with van der Waals surface area (Å²) in [6, 6.07) is 15.2. The number of anilines is 2. The molecule has 2 aromatic carbocycles. The number of halogens is 5. The molecular formula is C39H45Cl4FN8O4. The van der Waals surface area contributed by atoms with Gasteiger partial charge in [0.15, 0.2) is 34.6 Å². The lowest BCUT2D eigenvalue weighted by molar-refractivity contribution is 0.183. The summed E-state index contributed by atoms with van der Waals surface area (Å²) in [5.41, 5.74) is 2.16. The molecule has 0 N–H and O–H groups in total. The molecule has 2 aromatic heterocycles. The van der Waals surface area contributed by atoms with Crippen molar-refractivity contribution < 1.29 is 23.3 Å². The zero-order valence-corrected chi connectivity index (χ0v) is 34.4. The second kappa shape index (κ2) is 20.0. The number of piperidine rings is 2. The first-order valence-corrected chi connectivity index (χ1v) is 19.9. The van der Waals surface area contributed by atoms with E-state index in [4.69, 9.17) is 65.4 Å². The zero-order valence-electron chi connectivity index (χ0n) is 31.4. The van der Waals surface area contributed by atoms with Crippen molar-refractivity contribution in [2.24, 2.45) is 0 Å². The Morgan fingerprint density at radius 3 is 1.52 bits per heavy atom. The molecule has 0 aliphatic carbocycles. The normalized spacial score (nSPS) is 15.7. The van der Waals surface area contributed by atoms with E-state index in [1.165, 1.54) is 0 Å². The Kier molecular flexibility index (Phi) is 14.9. The van der Waals surface area contributed by atoms with Gasteiger partial charge in [-0.05, 0) is 84.3 Å².